The molecule has 0 aliphatic carbocycles. The Bertz CT molecular complexity index is 397. The van der Waals surface area contributed by atoms with Gasteiger partial charge < -0.3 is 15.2 Å². The molecule has 1 rings (SSSR count). The van der Waals surface area contributed by atoms with Crippen LogP contribution in [0.15, 0.2) is 6.07 Å². The van der Waals surface area contributed by atoms with Gasteiger partial charge in [0.25, 0.3) is 0 Å². The van der Waals surface area contributed by atoms with E-state index >= 15 is 0 Å². The van der Waals surface area contributed by atoms with Crippen molar-refractivity contribution in [3.8, 4) is 0 Å². The number of halogens is 1. The maximum atomic E-state index is 9.66. The summed E-state index contributed by atoms with van der Waals surface area (Å²) in [6.45, 7) is 8.31. The highest BCUT2D eigenvalue weighted by Crippen LogP contribution is 2.19. The largest absolute Gasteiger partial charge is 0.391 e. The number of aliphatic hydroxyl groups is 1. The summed E-state index contributed by atoms with van der Waals surface area (Å²) in [6.07, 6.45) is -0.526. The lowest BCUT2D eigenvalue weighted by Gasteiger charge is -2.30. The Morgan fingerprint density at radius 1 is 1.50 bits per heavy atom. The van der Waals surface area contributed by atoms with Crippen molar-refractivity contribution in [3.05, 3.63) is 17.0 Å². The molecule has 0 aliphatic heterocycles. The normalized spacial score (nSPS) is 13.4. The van der Waals surface area contributed by atoms with Gasteiger partial charge in [-0.2, -0.15) is 0 Å². The number of hydrogen-bond donors (Lipinski definition) is 2. The number of nitrogens with zero attached hydrogens (tertiary/aromatic N) is 2. The minimum Gasteiger partial charge on any atom is -0.391 e. The van der Waals surface area contributed by atoms with E-state index in [1.54, 1.807) is 13.0 Å². The molecule has 0 saturated carbocycles. The third-order valence-corrected chi connectivity index (χ3v) is 2.86. The average Bonchev–Trinajstić information content (AvgIpc) is 2.24. The second-order valence-electron chi connectivity index (χ2n) is 4.65. The SMILES string of the molecule is CCOCc1nc(Cl)cc(NC(C)(C)C(C)O)n1. The van der Waals surface area contributed by atoms with Crippen molar-refractivity contribution in [2.45, 2.75) is 45.9 Å². The Hall–Kier alpha value is -0.910. The first-order valence-corrected chi connectivity index (χ1v) is 6.30. The summed E-state index contributed by atoms with van der Waals surface area (Å²) in [4.78, 5) is 8.37. The number of aromatic nitrogens is 2. The van der Waals surface area contributed by atoms with Crippen molar-refractivity contribution in [1.82, 2.24) is 9.97 Å². The molecule has 1 aromatic rings. The first-order chi connectivity index (χ1) is 8.35. The van der Waals surface area contributed by atoms with Crippen molar-refractivity contribution in [1.29, 1.82) is 0 Å². The maximum absolute atomic E-state index is 9.66. The number of aliphatic hydroxyl groups excluding tert-OH is 1. The van der Waals surface area contributed by atoms with Gasteiger partial charge in [-0.1, -0.05) is 11.6 Å². The van der Waals surface area contributed by atoms with E-state index in [9.17, 15) is 5.11 Å². The van der Waals surface area contributed by atoms with E-state index in [1.165, 1.54) is 0 Å². The average molecular weight is 274 g/mol. The van der Waals surface area contributed by atoms with Gasteiger partial charge in [-0.25, -0.2) is 9.97 Å². The van der Waals surface area contributed by atoms with E-state index in [2.05, 4.69) is 15.3 Å². The summed E-state index contributed by atoms with van der Waals surface area (Å²) < 4.78 is 5.25. The van der Waals surface area contributed by atoms with Crippen LogP contribution >= 0.6 is 11.6 Å². The molecule has 0 amide bonds. The number of hydrogen-bond acceptors (Lipinski definition) is 5. The molecule has 18 heavy (non-hydrogen) atoms. The van der Waals surface area contributed by atoms with E-state index in [4.69, 9.17) is 16.3 Å². The van der Waals surface area contributed by atoms with E-state index in [1.807, 2.05) is 20.8 Å². The molecule has 1 heterocycles. The standard InChI is InChI=1S/C12H20ClN3O2/c1-5-18-7-11-14-9(13)6-10(15-11)16-12(3,4)8(2)17/h6,8,17H,5,7H2,1-4H3,(H,14,15,16). The molecule has 1 unspecified atom stereocenters. The fourth-order valence-corrected chi connectivity index (χ4v) is 1.42. The minimum atomic E-state index is -0.526. The zero-order valence-corrected chi connectivity index (χ0v) is 12.0. The highest BCUT2D eigenvalue weighted by molar-refractivity contribution is 6.29. The molecule has 6 heteroatoms. The molecule has 2 N–H and O–H groups in total. The molecule has 1 atom stereocenters. The highest BCUT2D eigenvalue weighted by Gasteiger charge is 2.24. The maximum Gasteiger partial charge on any atom is 0.158 e. The third kappa shape index (κ3) is 4.40. The molecule has 1 aromatic heterocycles. The van der Waals surface area contributed by atoms with Crippen molar-refractivity contribution in [2.24, 2.45) is 0 Å². The number of nitrogens with one attached hydrogen (secondary N) is 1. The van der Waals surface area contributed by atoms with Crippen molar-refractivity contribution >= 4 is 17.4 Å². The molecule has 0 saturated heterocycles. The van der Waals surface area contributed by atoms with Crippen LogP contribution in [0.4, 0.5) is 5.82 Å². The zero-order chi connectivity index (χ0) is 13.8. The van der Waals surface area contributed by atoms with Gasteiger partial charge in [0.15, 0.2) is 5.82 Å². The van der Waals surface area contributed by atoms with Crippen LogP contribution < -0.4 is 5.32 Å². The molecule has 0 radical (unpaired) electrons. The van der Waals surface area contributed by atoms with Gasteiger partial charge in [0.1, 0.15) is 17.6 Å². The Kier molecular flexibility index (Phi) is 5.31. The second kappa shape index (κ2) is 6.31. The first-order valence-electron chi connectivity index (χ1n) is 5.92. The van der Waals surface area contributed by atoms with Gasteiger partial charge in [-0.05, 0) is 27.7 Å². The lowest BCUT2D eigenvalue weighted by Crippen LogP contribution is -2.42. The number of ether oxygens (including phenoxy) is 1. The van der Waals surface area contributed by atoms with Crippen LogP contribution in [0.3, 0.4) is 0 Å². The van der Waals surface area contributed by atoms with Crippen LogP contribution in [0.5, 0.6) is 0 Å². The molecule has 0 aromatic carbocycles. The molecule has 0 aliphatic rings. The zero-order valence-electron chi connectivity index (χ0n) is 11.2. The predicted octanol–water partition coefficient (Wildman–Crippen LogP) is 2.24. The van der Waals surface area contributed by atoms with Crippen molar-refractivity contribution < 1.29 is 9.84 Å². The van der Waals surface area contributed by atoms with Gasteiger partial charge in [0.2, 0.25) is 0 Å². The van der Waals surface area contributed by atoms with Crippen LogP contribution in [-0.4, -0.2) is 33.3 Å². The van der Waals surface area contributed by atoms with Crippen LogP contribution in [0.2, 0.25) is 5.15 Å². The van der Waals surface area contributed by atoms with Crippen molar-refractivity contribution in [3.63, 3.8) is 0 Å². The number of anilines is 1. The third-order valence-electron chi connectivity index (χ3n) is 2.67. The second-order valence-corrected chi connectivity index (χ2v) is 5.04. The summed E-state index contributed by atoms with van der Waals surface area (Å²) in [5.41, 5.74) is -0.499. The van der Waals surface area contributed by atoms with Gasteiger partial charge in [0.05, 0.1) is 11.6 Å². The fraction of sp³-hybridized carbons (Fsp3) is 0.667. The van der Waals surface area contributed by atoms with E-state index in [0.29, 0.717) is 30.0 Å². The van der Waals surface area contributed by atoms with E-state index in [-0.39, 0.29) is 0 Å². The topological polar surface area (TPSA) is 67.3 Å². The lowest BCUT2D eigenvalue weighted by atomic mass is 9.99. The summed E-state index contributed by atoms with van der Waals surface area (Å²) in [5.74, 6) is 1.10. The van der Waals surface area contributed by atoms with Crippen LogP contribution in [0.1, 0.15) is 33.5 Å². The molecule has 102 valence electrons. The van der Waals surface area contributed by atoms with E-state index < -0.39 is 11.6 Å². The van der Waals surface area contributed by atoms with Crippen LogP contribution in [-0.2, 0) is 11.3 Å². The Morgan fingerprint density at radius 3 is 2.72 bits per heavy atom. The summed E-state index contributed by atoms with van der Waals surface area (Å²) in [7, 11) is 0. The van der Waals surface area contributed by atoms with Gasteiger partial charge in [-0.3, -0.25) is 0 Å². The summed E-state index contributed by atoms with van der Waals surface area (Å²) >= 11 is 5.93. The lowest BCUT2D eigenvalue weighted by molar-refractivity contribution is 0.127. The number of rotatable bonds is 6. The Labute approximate surface area is 113 Å². The highest BCUT2D eigenvalue weighted by atomic mass is 35.5. The summed E-state index contributed by atoms with van der Waals surface area (Å²) in [5, 5.41) is 13.1. The fourth-order valence-electron chi connectivity index (χ4n) is 1.22. The van der Waals surface area contributed by atoms with Crippen molar-refractivity contribution in [2.75, 3.05) is 11.9 Å². The molecule has 5 nitrogen and oxygen atoms in total. The Morgan fingerprint density at radius 2 is 2.17 bits per heavy atom. The van der Waals surface area contributed by atoms with Gasteiger partial charge in [0, 0.05) is 12.7 Å². The molecular weight excluding hydrogens is 254 g/mol. The monoisotopic (exact) mass is 273 g/mol. The van der Waals surface area contributed by atoms with Gasteiger partial charge in [-0.15, -0.1) is 0 Å². The minimum absolute atomic E-state index is 0.320. The Balaban J connectivity index is 2.86. The smallest absolute Gasteiger partial charge is 0.158 e. The molecule has 0 spiro atoms. The molecule has 0 bridgehead atoms. The first kappa shape index (κ1) is 15.1. The van der Waals surface area contributed by atoms with E-state index in [0.717, 1.165) is 0 Å². The molecule has 0 fully saturated rings. The van der Waals surface area contributed by atoms with Crippen LogP contribution in [0, 0.1) is 0 Å². The predicted molar refractivity (Wildman–Crippen MR) is 71.8 cm³/mol. The quantitative estimate of drug-likeness (QED) is 0.778. The van der Waals surface area contributed by atoms with Gasteiger partial charge >= 0.3 is 0 Å². The summed E-state index contributed by atoms with van der Waals surface area (Å²) in [6, 6.07) is 1.63. The van der Waals surface area contributed by atoms with Crippen LogP contribution in [0.25, 0.3) is 0 Å². The molecular formula is C12H20ClN3O2.